The zero-order valence-electron chi connectivity index (χ0n) is 20.5. The Hall–Kier alpha value is -1.35. The molecule has 2 aromatic rings. The molecule has 6 nitrogen and oxygen atoms in total. The Morgan fingerprint density at radius 1 is 1.09 bits per heavy atom. The summed E-state index contributed by atoms with van der Waals surface area (Å²) in [4.78, 5) is 17.8. The van der Waals surface area contributed by atoms with Crippen LogP contribution in [-0.4, -0.2) is 74.0 Å². The Morgan fingerprint density at radius 2 is 1.77 bits per heavy atom. The fourth-order valence-corrected chi connectivity index (χ4v) is 6.31. The highest BCUT2D eigenvalue weighted by Gasteiger charge is 2.39. The number of hydrogen-bond donors (Lipinski definition) is 0. The van der Waals surface area contributed by atoms with Crippen molar-refractivity contribution in [2.45, 2.75) is 38.3 Å². The Kier molecular flexibility index (Phi) is 9.16. The second-order valence-electron chi connectivity index (χ2n) is 9.49. The average Bonchev–Trinajstić information content (AvgIpc) is 2.79. The lowest BCUT2D eigenvalue weighted by atomic mass is 9.77. The van der Waals surface area contributed by atoms with Gasteiger partial charge in [-0.1, -0.05) is 59.1 Å². The van der Waals surface area contributed by atoms with Crippen LogP contribution in [0.15, 0.2) is 42.5 Å². The summed E-state index contributed by atoms with van der Waals surface area (Å²) in [5, 5.41) is 1.44. The molecule has 1 heterocycles. The summed E-state index contributed by atoms with van der Waals surface area (Å²) >= 11 is 18.8. The number of amides is 1. The van der Waals surface area contributed by atoms with E-state index in [1.54, 1.807) is 24.1 Å². The van der Waals surface area contributed by atoms with Gasteiger partial charge in [0.25, 0.3) is 0 Å². The van der Waals surface area contributed by atoms with E-state index in [1.807, 2.05) is 44.2 Å². The van der Waals surface area contributed by atoms with Crippen molar-refractivity contribution in [3.63, 3.8) is 0 Å². The maximum absolute atomic E-state index is 13.9. The van der Waals surface area contributed by atoms with Gasteiger partial charge in [0.15, 0.2) is 0 Å². The number of piperazine rings is 1. The SMILES string of the molecule is CC1CN(CCC(C)(C(=O)N(C)Cc2ccccc2Cl)c2ccc(Cl)c(Cl)c2)CCN1S(C)(=O)=O. The maximum Gasteiger partial charge on any atom is 0.233 e. The molecule has 1 fully saturated rings. The molecule has 2 atom stereocenters. The molecular formula is C25H32Cl3N3O3S. The van der Waals surface area contributed by atoms with Crippen molar-refractivity contribution >= 4 is 50.7 Å². The van der Waals surface area contributed by atoms with Crippen LogP contribution in [0.4, 0.5) is 0 Å². The molecule has 1 aliphatic rings. The first-order valence-corrected chi connectivity index (χ1v) is 14.4. The van der Waals surface area contributed by atoms with Crippen LogP contribution in [0.1, 0.15) is 31.4 Å². The Balaban J connectivity index is 1.83. The molecule has 1 amide bonds. The van der Waals surface area contributed by atoms with Crippen LogP contribution in [0, 0.1) is 0 Å². The maximum atomic E-state index is 13.9. The molecule has 0 bridgehead atoms. The number of rotatable bonds is 8. The molecule has 0 aromatic heterocycles. The monoisotopic (exact) mass is 559 g/mol. The van der Waals surface area contributed by atoms with Gasteiger partial charge in [0, 0.05) is 44.3 Å². The third kappa shape index (κ3) is 6.70. The lowest BCUT2D eigenvalue weighted by molar-refractivity contribution is -0.136. The van der Waals surface area contributed by atoms with Crippen LogP contribution in [0.2, 0.25) is 15.1 Å². The van der Waals surface area contributed by atoms with E-state index < -0.39 is 15.4 Å². The molecular weight excluding hydrogens is 529 g/mol. The van der Waals surface area contributed by atoms with Crippen LogP contribution in [0.5, 0.6) is 0 Å². The van der Waals surface area contributed by atoms with Gasteiger partial charge in [-0.15, -0.1) is 0 Å². The number of benzene rings is 2. The molecule has 0 aliphatic carbocycles. The van der Waals surface area contributed by atoms with Crippen LogP contribution in [-0.2, 0) is 26.8 Å². The van der Waals surface area contributed by atoms with Crippen LogP contribution in [0.3, 0.4) is 0 Å². The average molecular weight is 561 g/mol. The smallest absolute Gasteiger partial charge is 0.233 e. The highest BCUT2D eigenvalue weighted by atomic mass is 35.5. The van der Waals surface area contributed by atoms with Gasteiger partial charge in [-0.2, -0.15) is 4.31 Å². The third-order valence-corrected chi connectivity index (χ3v) is 9.25. The van der Waals surface area contributed by atoms with E-state index in [1.165, 1.54) is 10.6 Å². The van der Waals surface area contributed by atoms with Gasteiger partial charge in [-0.25, -0.2) is 8.42 Å². The largest absolute Gasteiger partial charge is 0.341 e. The molecule has 0 spiro atoms. The fraction of sp³-hybridized carbons (Fsp3) is 0.480. The highest BCUT2D eigenvalue weighted by Crippen LogP contribution is 2.35. The van der Waals surface area contributed by atoms with E-state index in [9.17, 15) is 13.2 Å². The molecule has 1 saturated heterocycles. The Bertz CT molecular complexity index is 1180. The molecule has 10 heteroatoms. The van der Waals surface area contributed by atoms with Crippen LogP contribution < -0.4 is 0 Å². The van der Waals surface area contributed by atoms with E-state index in [4.69, 9.17) is 34.8 Å². The van der Waals surface area contributed by atoms with Gasteiger partial charge in [0.1, 0.15) is 0 Å². The van der Waals surface area contributed by atoms with E-state index >= 15 is 0 Å². The standard InChI is InChI=1S/C25H32Cl3N3O3S/c1-18-16-30(13-14-31(18)35(4,33)34)12-11-25(2,20-9-10-22(27)23(28)15-20)24(32)29(3)17-19-7-5-6-8-21(19)26/h5-10,15,18H,11-14,16-17H2,1-4H3. The normalized spacial score (nSPS) is 19.3. The van der Waals surface area contributed by atoms with Crippen molar-refractivity contribution in [2.75, 3.05) is 39.5 Å². The van der Waals surface area contributed by atoms with Crippen molar-refractivity contribution in [1.82, 2.24) is 14.1 Å². The summed E-state index contributed by atoms with van der Waals surface area (Å²) < 4.78 is 25.6. The molecule has 0 radical (unpaired) electrons. The Labute approximate surface area is 223 Å². The van der Waals surface area contributed by atoms with E-state index in [0.717, 1.165) is 11.1 Å². The van der Waals surface area contributed by atoms with Gasteiger partial charge in [-0.05, 0) is 56.1 Å². The first-order valence-electron chi connectivity index (χ1n) is 11.5. The summed E-state index contributed by atoms with van der Waals surface area (Å²) in [7, 11) is -1.47. The highest BCUT2D eigenvalue weighted by molar-refractivity contribution is 7.88. The molecule has 2 aromatic carbocycles. The summed E-state index contributed by atoms with van der Waals surface area (Å²) in [6.45, 7) is 6.49. The molecule has 0 saturated carbocycles. The molecule has 1 aliphatic heterocycles. The summed E-state index contributed by atoms with van der Waals surface area (Å²) in [6.07, 6.45) is 1.77. The number of halogens is 3. The summed E-state index contributed by atoms with van der Waals surface area (Å²) in [6, 6.07) is 12.7. The van der Waals surface area contributed by atoms with Gasteiger partial charge in [0.05, 0.1) is 21.7 Å². The van der Waals surface area contributed by atoms with Gasteiger partial charge < -0.3 is 9.80 Å². The minimum atomic E-state index is -3.24. The van der Waals surface area contributed by atoms with Gasteiger partial charge in [-0.3, -0.25) is 4.79 Å². The topological polar surface area (TPSA) is 60.9 Å². The van der Waals surface area contributed by atoms with E-state index in [0.29, 0.717) is 54.2 Å². The number of hydrogen-bond acceptors (Lipinski definition) is 4. The third-order valence-electron chi connectivity index (χ3n) is 6.75. The summed E-state index contributed by atoms with van der Waals surface area (Å²) in [5.74, 6) is -0.0568. The fourth-order valence-electron chi connectivity index (χ4n) is 4.68. The molecule has 2 unspecified atom stereocenters. The number of likely N-dealkylation sites (N-methyl/N-ethyl adjacent to an activating group) is 1. The number of carbonyl (C=O) groups is 1. The predicted octanol–water partition coefficient (Wildman–Crippen LogP) is 4.92. The van der Waals surface area contributed by atoms with Crippen LogP contribution in [0.25, 0.3) is 0 Å². The number of sulfonamides is 1. The first kappa shape index (κ1) is 28.2. The van der Waals surface area contributed by atoms with E-state index in [2.05, 4.69) is 4.90 Å². The zero-order chi connectivity index (χ0) is 26.0. The van der Waals surface area contributed by atoms with Crippen molar-refractivity contribution in [1.29, 1.82) is 0 Å². The van der Waals surface area contributed by atoms with E-state index in [-0.39, 0.29) is 11.9 Å². The van der Waals surface area contributed by atoms with Gasteiger partial charge in [0.2, 0.25) is 15.9 Å². The minimum absolute atomic E-state index is 0.0568. The minimum Gasteiger partial charge on any atom is -0.341 e. The molecule has 192 valence electrons. The van der Waals surface area contributed by atoms with Crippen molar-refractivity contribution in [2.24, 2.45) is 0 Å². The lowest BCUT2D eigenvalue weighted by Crippen LogP contribution is -2.54. The zero-order valence-corrected chi connectivity index (χ0v) is 23.6. The summed E-state index contributed by atoms with van der Waals surface area (Å²) in [5.41, 5.74) is 0.777. The van der Waals surface area contributed by atoms with Crippen molar-refractivity contribution in [3.05, 3.63) is 68.7 Å². The van der Waals surface area contributed by atoms with Crippen molar-refractivity contribution in [3.8, 4) is 0 Å². The second kappa shape index (κ2) is 11.4. The quantitative estimate of drug-likeness (QED) is 0.460. The second-order valence-corrected chi connectivity index (χ2v) is 12.6. The lowest BCUT2D eigenvalue weighted by Gasteiger charge is -2.40. The van der Waals surface area contributed by atoms with Crippen molar-refractivity contribution < 1.29 is 13.2 Å². The number of carbonyl (C=O) groups excluding carboxylic acids is 1. The molecule has 0 N–H and O–H groups in total. The Morgan fingerprint density at radius 3 is 2.37 bits per heavy atom. The predicted molar refractivity (Wildman–Crippen MR) is 144 cm³/mol. The molecule has 35 heavy (non-hydrogen) atoms. The molecule has 3 rings (SSSR count). The van der Waals surface area contributed by atoms with Gasteiger partial charge >= 0.3 is 0 Å². The first-order chi connectivity index (χ1) is 16.3. The van der Waals surface area contributed by atoms with Crippen LogP contribution >= 0.6 is 34.8 Å². The number of nitrogens with zero attached hydrogens (tertiary/aromatic N) is 3.